The second-order valence-electron chi connectivity index (χ2n) is 11.4. The first-order chi connectivity index (χ1) is 15.9. The van der Waals surface area contributed by atoms with E-state index in [2.05, 4.69) is 6.92 Å². The molecule has 0 unspecified atom stereocenters. The number of rotatable bonds is 25. The Hall–Kier alpha value is 0. The van der Waals surface area contributed by atoms with Crippen molar-refractivity contribution in [2.24, 2.45) is 5.92 Å². The Morgan fingerprint density at radius 1 is 0.344 bits per heavy atom. The lowest BCUT2D eigenvalue weighted by Gasteiger charge is -2.21. The second-order valence-corrected chi connectivity index (χ2v) is 11.4. The molecule has 0 amide bonds. The summed E-state index contributed by atoms with van der Waals surface area (Å²) in [4.78, 5) is 0. The first kappa shape index (κ1) is 30.0. The zero-order valence-electron chi connectivity index (χ0n) is 22.8. The van der Waals surface area contributed by atoms with E-state index in [9.17, 15) is 0 Å². The van der Waals surface area contributed by atoms with Crippen molar-refractivity contribution in [3.63, 3.8) is 0 Å². The number of unbranched alkanes of at least 4 members (excludes halogenated alkanes) is 23. The number of hydrogen-bond acceptors (Lipinski definition) is 0. The predicted octanol–water partition coefficient (Wildman–Crippen LogP) is 12.3. The van der Waals surface area contributed by atoms with E-state index in [-0.39, 0.29) is 0 Å². The van der Waals surface area contributed by atoms with E-state index in [4.69, 9.17) is 0 Å². The monoisotopic (exact) mass is 449 g/mol. The molecule has 0 heteroatoms. The van der Waals surface area contributed by atoms with Gasteiger partial charge >= 0.3 is 0 Å². The van der Waals surface area contributed by atoms with E-state index < -0.39 is 0 Å². The van der Waals surface area contributed by atoms with Crippen LogP contribution in [-0.4, -0.2) is 0 Å². The molecular formula is C32H64. The minimum absolute atomic E-state index is 1.10. The summed E-state index contributed by atoms with van der Waals surface area (Å²) >= 11 is 0. The molecule has 32 heavy (non-hydrogen) atoms. The molecule has 192 valence electrons. The Labute approximate surface area is 205 Å². The maximum Gasteiger partial charge on any atom is -0.0414 e. The van der Waals surface area contributed by atoms with Crippen molar-refractivity contribution in [1.82, 2.24) is 0 Å². The van der Waals surface area contributed by atoms with Crippen LogP contribution in [0.3, 0.4) is 0 Å². The summed E-state index contributed by atoms with van der Waals surface area (Å²) in [5, 5.41) is 0. The van der Waals surface area contributed by atoms with Crippen molar-refractivity contribution in [2.45, 2.75) is 200 Å². The summed E-state index contributed by atoms with van der Waals surface area (Å²) in [5.74, 6) is 1.10. The van der Waals surface area contributed by atoms with Crippen LogP contribution < -0.4 is 0 Å². The summed E-state index contributed by atoms with van der Waals surface area (Å²) in [6.45, 7) is 2.31. The molecule has 0 aromatic carbocycles. The van der Waals surface area contributed by atoms with Crippen LogP contribution in [0.5, 0.6) is 0 Å². The van der Waals surface area contributed by atoms with E-state index in [1.165, 1.54) is 173 Å². The molecule has 1 rings (SSSR count). The summed E-state index contributed by atoms with van der Waals surface area (Å²) < 4.78 is 0. The van der Waals surface area contributed by atoms with Gasteiger partial charge in [0.25, 0.3) is 0 Å². The Kier molecular flexibility index (Phi) is 24.0. The highest BCUT2D eigenvalue weighted by molar-refractivity contribution is 4.65. The van der Waals surface area contributed by atoms with Gasteiger partial charge in [-0.25, -0.2) is 0 Å². The van der Waals surface area contributed by atoms with E-state index in [1.54, 1.807) is 19.3 Å². The van der Waals surface area contributed by atoms with Gasteiger partial charge in [-0.2, -0.15) is 0 Å². The molecule has 0 spiro atoms. The molecule has 0 nitrogen and oxygen atoms in total. The van der Waals surface area contributed by atoms with Gasteiger partial charge in [-0.15, -0.1) is 0 Å². The van der Waals surface area contributed by atoms with Gasteiger partial charge < -0.3 is 0 Å². The van der Waals surface area contributed by atoms with E-state index in [0.29, 0.717) is 0 Å². The lowest BCUT2D eigenvalue weighted by atomic mass is 9.85. The molecule has 1 fully saturated rings. The standard InChI is InChI=1S/C32H64/c1-2-3-4-5-6-7-8-9-10-11-12-13-14-15-16-17-18-19-20-21-22-23-24-26-29-32-30-27-25-28-31-32/h32H,2-31H2,1H3. The molecule has 0 aliphatic heterocycles. The minimum Gasteiger partial charge on any atom is -0.0654 e. The van der Waals surface area contributed by atoms with Crippen molar-refractivity contribution < 1.29 is 0 Å². The Balaban J connectivity index is 1.62. The third kappa shape index (κ3) is 21.8. The highest BCUT2D eigenvalue weighted by atomic mass is 14.2. The highest BCUT2D eigenvalue weighted by Crippen LogP contribution is 2.28. The third-order valence-electron chi connectivity index (χ3n) is 8.19. The van der Waals surface area contributed by atoms with E-state index >= 15 is 0 Å². The Morgan fingerprint density at radius 2 is 0.625 bits per heavy atom. The van der Waals surface area contributed by atoms with Gasteiger partial charge in [-0.1, -0.05) is 200 Å². The topological polar surface area (TPSA) is 0 Å². The SMILES string of the molecule is CCCCCCCCCCCCCCCCCCCCCCCCCCC1CCCCC1. The predicted molar refractivity (Wildman–Crippen MR) is 148 cm³/mol. The first-order valence-corrected chi connectivity index (χ1v) is 15.9. The molecule has 1 saturated carbocycles. The summed E-state index contributed by atoms with van der Waals surface area (Å²) in [6, 6.07) is 0. The van der Waals surface area contributed by atoms with Crippen LogP contribution >= 0.6 is 0 Å². The summed E-state index contributed by atoms with van der Waals surface area (Å²) in [5.41, 5.74) is 0. The maximum absolute atomic E-state index is 2.31. The molecule has 0 N–H and O–H groups in total. The van der Waals surface area contributed by atoms with Crippen LogP contribution in [0.25, 0.3) is 0 Å². The third-order valence-corrected chi connectivity index (χ3v) is 8.19. The van der Waals surface area contributed by atoms with Gasteiger partial charge in [-0.05, 0) is 5.92 Å². The van der Waals surface area contributed by atoms with Crippen molar-refractivity contribution >= 4 is 0 Å². The fourth-order valence-electron chi connectivity index (χ4n) is 5.87. The van der Waals surface area contributed by atoms with Crippen molar-refractivity contribution in [3.05, 3.63) is 0 Å². The average molecular weight is 449 g/mol. The normalized spacial score (nSPS) is 14.9. The molecule has 0 aromatic rings. The lowest BCUT2D eigenvalue weighted by molar-refractivity contribution is 0.328. The first-order valence-electron chi connectivity index (χ1n) is 15.9. The quantitative estimate of drug-likeness (QED) is 0.122. The lowest BCUT2D eigenvalue weighted by Crippen LogP contribution is -2.05. The van der Waals surface area contributed by atoms with Gasteiger partial charge in [0.2, 0.25) is 0 Å². The van der Waals surface area contributed by atoms with Gasteiger partial charge in [0, 0.05) is 0 Å². The van der Waals surface area contributed by atoms with Crippen LogP contribution in [-0.2, 0) is 0 Å². The van der Waals surface area contributed by atoms with Crippen molar-refractivity contribution in [1.29, 1.82) is 0 Å². The second kappa shape index (κ2) is 25.6. The Bertz CT molecular complexity index is 327. The van der Waals surface area contributed by atoms with Gasteiger partial charge in [0.05, 0.1) is 0 Å². The minimum atomic E-state index is 1.10. The van der Waals surface area contributed by atoms with Crippen LogP contribution in [0.1, 0.15) is 200 Å². The fraction of sp³-hybridized carbons (Fsp3) is 1.00. The molecule has 0 saturated heterocycles. The van der Waals surface area contributed by atoms with Crippen LogP contribution in [0, 0.1) is 5.92 Å². The van der Waals surface area contributed by atoms with Crippen molar-refractivity contribution in [3.8, 4) is 0 Å². The fourth-order valence-corrected chi connectivity index (χ4v) is 5.87. The van der Waals surface area contributed by atoms with Gasteiger partial charge in [0.1, 0.15) is 0 Å². The number of hydrogen-bond donors (Lipinski definition) is 0. The van der Waals surface area contributed by atoms with Gasteiger partial charge in [0.15, 0.2) is 0 Å². The van der Waals surface area contributed by atoms with Gasteiger partial charge in [-0.3, -0.25) is 0 Å². The molecule has 0 heterocycles. The summed E-state index contributed by atoms with van der Waals surface area (Å²) in [6.07, 6.45) is 44.9. The van der Waals surface area contributed by atoms with E-state index in [1.807, 2.05) is 0 Å². The largest absolute Gasteiger partial charge is 0.0654 e. The van der Waals surface area contributed by atoms with Crippen LogP contribution in [0.15, 0.2) is 0 Å². The highest BCUT2D eigenvalue weighted by Gasteiger charge is 2.12. The average Bonchev–Trinajstić information content (AvgIpc) is 2.82. The smallest absolute Gasteiger partial charge is 0.0414 e. The van der Waals surface area contributed by atoms with Crippen molar-refractivity contribution in [2.75, 3.05) is 0 Å². The molecule has 0 aromatic heterocycles. The van der Waals surface area contributed by atoms with E-state index in [0.717, 1.165) is 5.92 Å². The maximum atomic E-state index is 2.31. The zero-order chi connectivity index (χ0) is 22.8. The van der Waals surface area contributed by atoms with Crippen LogP contribution in [0.2, 0.25) is 0 Å². The molecule has 1 aliphatic carbocycles. The molecule has 0 bridgehead atoms. The van der Waals surface area contributed by atoms with Crippen LogP contribution in [0.4, 0.5) is 0 Å². The molecule has 1 aliphatic rings. The zero-order valence-corrected chi connectivity index (χ0v) is 22.8. The molecule has 0 radical (unpaired) electrons. The summed E-state index contributed by atoms with van der Waals surface area (Å²) in [7, 11) is 0. The molecular weight excluding hydrogens is 384 g/mol. The Morgan fingerprint density at radius 3 is 0.938 bits per heavy atom. The molecule has 0 atom stereocenters.